The Bertz CT molecular complexity index is 651. The number of carbonyl (C=O) groups is 2. The van der Waals surface area contributed by atoms with Crippen LogP contribution in [0, 0.1) is 0 Å². The molecular weight excluding hydrogens is 301 g/mol. The van der Waals surface area contributed by atoms with Crippen LogP contribution in [0.2, 0.25) is 0 Å². The Morgan fingerprint density at radius 1 is 1.10 bits per heavy atom. The molecule has 0 spiro atoms. The number of sulfone groups is 1. The van der Waals surface area contributed by atoms with Gasteiger partial charge in [-0.3, -0.25) is 4.79 Å². The summed E-state index contributed by atoms with van der Waals surface area (Å²) in [6.45, 7) is -0.221. The molecule has 0 atom stereocenters. The minimum absolute atomic E-state index is 0.00822. The second-order valence-electron chi connectivity index (χ2n) is 3.83. The monoisotopic (exact) mass is 308 g/mol. The molecule has 1 saturated heterocycles. The van der Waals surface area contributed by atoms with Crippen LogP contribution in [0.25, 0.3) is 0 Å². The molecular formula is C10H7F3N2O4S. The molecule has 1 fully saturated rings. The van der Waals surface area contributed by atoms with Crippen molar-refractivity contribution in [2.24, 2.45) is 0 Å². The van der Waals surface area contributed by atoms with Gasteiger partial charge in [-0.15, -0.1) is 0 Å². The first-order chi connectivity index (χ1) is 9.14. The van der Waals surface area contributed by atoms with Gasteiger partial charge in [0.2, 0.25) is 0 Å². The third kappa shape index (κ3) is 2.22. The van der Waals surface area contributed by atoms with E-state index in [1.165, 1.54) is 0 Å². The molecule has 10 heteroatoms. The molecule has 1 N–H and O–H groups in total. The molecule has 0 saturated carbocycles. The smallest absolute Gasteiger partial charge is 0.328 e. The molecule has 0 radical (unpaired) electrons. The Morgan fingerprint density at radius 2 is 1.65 bits per heavy atom. The molecule has 0 aliphatic carbocycles. The number of anilines is 1. The van der Waals surface area contributed by atoms with Gasteiger partial charge in [0.1, 0.15) is 0 Å². The Morgan fingerprint density at radius 3 is 2.05 bits per heavy atom. The van der Waals surface area contributed by atoms with Gasteiger partial charge in [0.05, 0.1) is 17.1 Å². The number of hydrogen-bond donors (Lipinski definition) is 1. The van der Waals surface area contributed by atoms with Gasteiger partial charge in [-0.2, -0.15) is 13.2 Å². The van der Waals surface area contributed by atoms with E-state index < -0.39 is 32.2 Å². The normalized spacial score (nSPS) is 16.4. The van der Waals surface area contributed by atoms with Crippen LogP contribution in [0.15, 0.2) is 29.2 Å². The minimum Gasteiger partial charge on any atom is -0.328 e. The quantitative estimate of drug-likeness (QED) is 0.827. The lowest BCUT2D eigenvalue weighted by Gasteiger charge is -2.13. The van der Waals surface area contributed by atoms with E-state index >= 15 is 0 Å². The van der Waals surface area contributed by atoms with Crippen LogP contribution in [-0.4, -0.2) is 32.4 Å². The van der Waals surface area contributed by atoms with E-state index in [9.17, 15) is 31.2 Å². The highest BCUT2D eigenvalue weighted by Crippen LogP contribution is 2.31. The van der Waals surface area contributed by atoms with Crippen LogP contribution < -0.4 is 10.2 Å². The number of halogens is 3. The molecule has 0 aromatic heterocycles. The van der Waals surface area contributed by atoms with E-state index in [1.54, 1.807) is 0 Å². The maximum atomic E-state index is 12.3. The summed E-state index contributed by atoms with van der Waals surface area (Å²) in [5.74, 6) is -0.582. The second-order valence-corrected chi connectivity index (χ2v) is 5.77. The zero-order valence-corrected chi connectivity index (χ0v) is 10.5. The molecule has 20 heavy (non-hydrogen) atoms. The summed E-state index contributed by atoms with van der Waals surface area (Å²) in [5.41, 5.74) is -5.42. The predicted molar refractivity (Wildman–Crippen MR) is 60.6 cm³/mol. The van der Waals surface area contributed by atoms with Crippen LogP contribution >= 0.6 is 0 Å². The minimum atomic E-state index is -5.45. The zero-order chi connectivity index (χ0) is 15.1. The lowest BCUT2D eigenvalue weighted by atomic mass is 10.3. The summed E-state index contributed by atoms with van der Waals surface area (Å²) < 4.78 is 59.2. The predicted octanol–water partition coefficient (Wildman–Crippen LogP) is 1.04. The Kier molecular flexibility index (Phi) is 3.20. The topological polar surface area (TPSA) is 83.6 Å². The summed E-state index contributed by atoms with van der Waals surface area (Å²) in [7, 11) is -5.45. The van der Waals surface area contributed by atoms with Crippen molar-refractivity contribution in [1.29, 1.82) is 0 Å². The van der Waals surface area contributed by atoms with Gasteiger partial charge >= 0.3 is 11.5 Å². The number of imide groups is 1. The maximum absolute atomic E-state index is 12.3. The molecule has 0 bridgehead atoms. The van der Waals surface area contributed by atoms with E-state index in [0.717, 1.165) is 12.1 Å². The molecule has 2 rings (SSSR count). The van der Waals surface area contributed by atoms with E-state index in [0.29, 0.717) is 17.0 Å². The fraction of sp³-hybridized carbons (Fsp3) is 0.200. The highest BCUT2D eigenvalue weighted by Gasteiger charge is 2.46. The van der Waals surface area contributed by atoms with Gasteiger partial charge < -0.3 is 5.32 Å². The number of benzene rings is 1. The SMILES string of the molecule is O=C1CNC(=O)N1c1ccc(S(=O)(=O)C(F)(F)F)cc1. The van der Waals surface area contributed by atoms with Crippen LogP contribution in [0.1, 0.15) is 0 Å². The Balaban J connectivity index is 2.37. The van der Waals surface area contributed by atoms with Gasteiger partial charge in [-0.25, -0.2) is 18.1 Å². The van der Waals surface area contributed by atoms with E-state index in [1.807, 2.05) is 0 Å². The van der Waals surface area contributed by atoms with E-state index in [4.69, 9.17) is 0 Å². The van der Waals surface area contributed by atoms with E-state index in [2.05, 4.69) is 5.32 Å². The van der Waals surface area contributed by atoms with Crippen LogP contribution in [0.4, 0.5) is 23.7 Å². The lowest BCUT2D eigenvalue weighted by Crippen LogP contribution is -2.30. The molecule has 6 nitrogen and oxygen atoms in total. The Labute approximate surface area is 111 Å². The molecule has 1 heterocycles. The number of rotatable bonds is 2. The maximum Gasteiger partial charge on any atom is 0.501 e. The highest BCUT2D eigenvalue weighted by atomic mass is 32.2. The highest BCUT2D eigenvalue weighted by molar-refractivity contribution is 7.92. The van der Waals surface area contributed by atoms with Crippen molar-refractivity contribution in [2.45, 2.75) is 10.4 Å². The fourth-order valence-corrected chi connectivity index (χ4v) is 2.35. The van der Waals surface area contributed by atoms with E-state index in [-0.39, 0.29) is 12.2 Å². The molecule has 108 valence electrons. The van der Waals surface area contributed by atoms with Gasteiger partial charge in [0.25, 0.3) is 15.7 Å². The average Bonchev–Trinajstić information content (AvgIpc) is 2.68. The number of amides is 3. The number of hydrogen-bond acceptors (Lipinski definition) is 4. The number of urea groups is 1. The number of alkyl halides is 3. The van der Waals surface area contributed by atoms with Crippen LogP contribution in [0.5, 0.6) is 0 Å². The fourth-order valence-electron chi connectivity index (χ4n) is 1.59. The Hall–Kier alpha value is -2.10. The first-order valence-corrected chi connectivity index (χ1v) is 6.65. The molecule has 0 unspecified atom stereocenters. The first kappa shape index (κ1) is 14.3. The van der Waals surface area contributed by atoms with Crippen molar-refractivity contribution in [1.82, 2.24) is 5.32 Å². The van der Waals surface area contributed by atoms with Gasteiger partial charge in [-0.05, 0) is 24.3 Å². The number of carbonyl (C=O) groups excluding carboxylic acids is 2. The van der Waals surface area contributed by atoms with Crippen molar-refractivity contribution >= 4 is 27.5 Å². The summed E-state index contributed by atoms with van der Waals surface area (Å²) in [5, 5.41) is 2.23. The standard InChI is InChI=1S/C10H7F3N2O4S/c11-10(12,13)20(18,19)7-3-1-6(2-4-7)15-8(16)5-14-9(15)17/h1-4H,5H2,(H,14,17). The third-order valence-corrected chi connectivity index (χ3v) is 4.06. The molecule has 1 aromatic carbocycles. The number of nitrogens with one attached hydrogen (secondary N) is 1. The molecule has 1 aromatic rings. The lowest BCUT2D eigenvalue weighted by molar-refractivity contribution is -0.115. The second kappa shape index (κ2) is 4.47. The average molecular weight is 308 g/mol. The summed E-state index contributed by atoms with van der Waals surface area (Å²) in [6, 6.07) is 2.58. The summed E-state index contributed by atoms with van der Waals surface area (Å²) in [4.78, 5) is 22.4. The van der Waals surface area contributed by atoms with Crippen molar-refractivity contribution in [3.8, 4) is 0 Å². The van der Waals surface area contributed by atoms with Crippen molar-refractivity contribution < 1.29 is 31.2 Å². The third-order valence-electron chi connectivity index (χ3n) is 2.55. The number of nitrogens with zero attached hydrogens (tertiary/aromatic N) is 1. The first-order valence-electron chi connectivity index (χ1n) is 5.17. The van der Waals surface area contributed by atoms with Gasteiger partial charge in [-0.1, -0.05) is 0 Å². The summed E-state index contributed by atoms with van der Waals surface area (Å²) >= 11 is 0. The summed E-state index contributed by atoms with van der Waals surface area (Å²) in [6.07, 6.45) is 0. The van der Waals surface area contributed by atoms with Crippen LogP contribution in [0.3, 0.4) is 0 Å². The van der Waals surface area contributed by atoms with Gasteiger partial charge in [0, 0.05) is 0 Å². The largest absolute Gasteiger partial charge is 0.501 e. The molecule has 1 aliphatic heterocycles. The van der Waals surface area contributed by atoms with Crippen molar-refractivity contribution in [3.05, 3.63) is 24.3 Å². The van der Waals surface area contributed by atoms with Crippen molar-refractivity contribution in [2.75, 3.05) is 11.4 Å². The molecule has 3 amide bonds. The van der Waals surface area contributed by atoms with Crippen molar-refractivity contribution in [3.63, 3.8) is 0 Å². The molecule has 1 aliphatic rings. The zero-order valence-electron chi connectivity index (χ0n) is 9.64. The van der Waals surface area contributed by atoms with Gasteiger partial charge in [0.15, 0.2) is 0 Å². The van der Waals surface area contributed by atoms with Crippen LogP contribution in [-0.2, 0) is 14.6 Å².